The number of anilines is 2. The first kappa shape index (κ1) is 18.0. The third-order valence-electron chi connectivity index (χ3n) is 5.41. The van der Waals surface area contributed by atoms with Crippen LogP contribution < -0.4 is 10.2 Å². The predicted molar refractivity (Wildman–Crippen MR) is 108 cm³/mol. The Morgan fingerprint density at radius 1 is 1.11 bits per heavy atom. The smallest absolute Gasteiger partial charge is 0.243 e. The lowest BCUT2D eigenvalue weighted by Gasteiger charge is -2.26. The Balaban J connectivity index is 1.33. The number of benzene rings is 2. The SMILES string of the molecule is CC1Cc2ccccc2N1CC(=O)Nc1ccc(CN2CCOCC2)cc1. The number of nitrogens with one attached hydrogen (secondary N) is 1. The molecule has 1 fully saturated rings. The lowest BCUT2D eigenvalue weighted by molar-refractivity contribution is -0.115. The summed E-state index contributed by atoms with van der Waals surface area (Å²) >= 11 is 0. The van der Waals surface area contributed by atoms with Crippen molar-refractivity contribution in [1.82, 2.24) is 4.90 Å². The predicted octanol–water partition coefficient (Wildman–Crippen LogP) is 2.91. The van der Waals surface area contributed by atoms with Gasteiger partial charge in [-0.1, -0.05) is 30.3 Å². The van der Waals surface area contributed by atoms with Crippen LogP contribution in [0, 0.1) is 0 Å². The molecule has 2 aliphatic heterocycles. The molecule has 0 saturated carbocycles. The summed E-state index contributed by atoms with van der Waals surface area (Å²) < 4.78 is 5.39. The fourth-order valence-corrected chi connectivity index (χ4v) is 3.94. The fourth-order valence-electron chi connectivity index (χ4n) is 3.94. The van der Waals surface area contributed by atoms with Crippen LogP contribution in [0.15, 0.2) is 48.5 Å². The molecule has 1 atom stereocenters. The zero-order valence-electron chi connectivity index (χ0n) is 15.9. The van der Waals surface area contributed by atoms with Gasteiger partial charge < -0.3 is 15.0 Å². The first-order valence-corrected chi connectivity index (χ1v) is 9.72. The Morgan fingerprint density at radius 3 is 2.63 bits per heavy atom. The molecule has 2 aliphatic rings. The van der Waals surface area contributed by atoms with E-state index >= 15 is 0 Å². The molecule has 5 heteroatoms. The van der Waals surface area contributed by atoms with Crippen molar-refractivity contribution in [2.45, 2.75) is 25.9 Å². The molecule has 0 aliphatic carbocycles. The van der Waals surface area contributed by atoms with E-state index in [9.17, 15) is 4.79 Å². The number of morpholine rings is 1. The van der Waals surface area contributed by atoms with Crippen LogP contribution in [-0.2, 0) is 22.5 Å². The van der Waals surface area contributed by atoms with Crippen LogP contribution in [0.1, 0.15) is 18.1 Å². The molecular weight excluding hydrogens is 338 g/mol. The normalized spacial score (nSPS) is 19.7. The summed E-state index contributed by atoms with van der Waals surface area (Å²) in [6, 6.07) is 16.9. The second-order valence-electron chi connectivity index (χ2n) is 7.44. The van der Waals surface area contributed by atoms with Crippen LogP contribution in [0.3, 0.4) is 0 Å². The number of amides is 1. The average molecular weight is 365 g/mol. The van der Waals surface area contributed by atoms with Gasteiger partial charge >= 0.3 is 0 Å². The van der Waals surface area contributed by atoms with E-state index in [1.54, 1.807) is 0 Å². The van der Waals surface area contributed by atoms with Gasteiger partial charge in [-0.2, -0.15) is 0 Å². The maximum absolute atomic E-state index is 12.6. The van der Waals surface area contributed by atoms with Crippen LogP contribution in [0.2, 0.25) is 0 Å². The number of carbonyl (C=O) groups excluding carboxylic acids is 1. The molecule has 1 unspecified atom stereocenters. The van der Waals surface area contributed by atoms with Gasteiger partial charge in [0, 0.05) is 37.1 Å². The molecule has 1 N–H and O–H groups in total. The number of rotatable bonds is 5. The minimum absolute atomic E-state index is 0.0273. The molecular formula is C22H27N3O2. The molecule has 0 spiro atoms. The van der Waals surface area contributed by atoms with Crippen molar-refractivity contribution in [2.24, 2.45) is 0 Å². The number of hydrogen-bond donors (Lipinski definition) is 1. The zero-order chi connectivity index (χ0) is 18.6. The second-order valence-corrected chi connectivity index (χ2v) is 7.44. The van der Waals surface area contributed by atoms with Crippen LogP contribution in [0.4, 0.5) is 11.4 Å². The van der Waals surface area contributed by atoms with Gasteiger partial charge in [-0.15, -0.1) is 0 Å². The lowest BCUT2D eigenvalue weighted by Crippen LogP contribution is -2.37. The third kappa shape index (κ3) is 4.31. The van der Waals surface area contributed by atoms with Crippen molar-refractivity contribution in [2.75, 3.05) is 43.1 Å². The Bertz CT molecular complexity index is 784. The van der Waals surface area contributed by atoms with Crippen LogP contribution in [0.25, 0.3) is 0 Å². The van der Waals surface area contributed by atoms with Gasteiger partial charge in [0.05, 0.1) is 19.8 Å². The van der Waals surface area contributed by atoms with Gasteiger partial charge in [-0.3, -0.25) is 9.69 Å². The molecule has 2 aromatic rings. The van der Waals surface area contributed by atoms with Crippen LogP contribution >= 0.6 is 0 Å². The number of fused-ring (bicyclic) bond motifs is 1. The molecule has 5 nitrogen and oxygen atoms in total. The van der Waals surface area contributed by atoms with E-state index in [1.165, 1.54) is 16.8 Å². The van der Waals surface area contributed by atoms with Gasteiger partial charge in [-0.25, -0.2) is 0 Å². The summed E-state index contributed by atoms with van der Waals surface area (Å²) in [4.78, 5) is 17.1. The third-order valence-corrected chi connectivity index (χ3v) is 5.41. The minimum atomic E-state index is 0.0273. The summed E-state index contributed by atoms with van der Waals surface area (Å²) in [6.45, 7) is 7.07. The van der Waals surface area contributed by atoms with E-state index in [0.717, 1.165) is 45.0 Å². The maximum atomic E-state index is 12.6. The Morgan fingerprint density at radius 2 is 1.85 bits per heavy atom. The molecule has 142 valence electrons. The summed E-state index contributed by atoms with van der Waals surface area (Å²) in [5, 5.41) is 3.04. The standard InChI is InChI=1S/C22H27N3O2/c1-17-14-19-4-2-3-5-21(19)25(17)16-22(26)23-20-8-6-18(7-9-20)15-24-10-12-27-13-11-24/h2-9,17H,10-16H2,1H3,(H,23,26). The number of ether oxygens (including phenoxy) is 1. The molecule has 4 rings (SSSR count). The van der Waals surface area contributed by atoms with Crippen molar-refractivity contribution in [1.29, 1.82) is 0 Å². The highest BCUT2D eigenvalue weighted by atomic mass is 16.5. The largest absolute Gasteiger partial charge is 0.379 e. The Hall–Kier alpha value is -2.37. The van der Waals surface area contributed by atoms with E-state index < -0.39 is 0 Å². The van der Waals surface area contributed by atoms with E-state index in [0.29, 0.717) is 12.6 Å². The molecule has 27 heavy (non-hydrogen) atoms. The monoisotopic (exact) mass is 365 g/mol. The van der Waals surface area contributed by atoms with Crippen LogP contribution in [0.5, 0.6) is 0 Å². The highest BCUT2D eigenvalue weighted by Crippen LogP contribution is 2.31. The van der Waals surface area contributed by atoms with Gasteiger partial charge in [0.25, 0.3) is 0 Å². The Kier molecular flexibility index (Phi) is 5.41. The zero-order valence-corrected chi connectivity index (χ0v) is 15.9. The van der Waals surface area contributed by atoms with Gasteiger partial charge in [-0.05, 0) is 42.7 Å². The molecule has 0 bridgehead atoms. The van der Waals surface area contributed by atoms with Crippen LogP contribution in [-0.4, -0.2) is 49.7 Å². The summed E-state index contributed by atoms with van der Waals surface area (Å²) in [5.41, 5.74) is 4.62. The van der Waals surface area contributed by atoms with Crippen molar-refractivity contribution in [3.63, 3.8) is 0 Å². The summed E-state index contributed by atoms with van der Waals surface area (Å²) in [7, 11) is 0. The first-order valence-electron chi connectivity index (χ1n) is 9.72. The average Bonchev–Trinajstić information content (AvgIpc) is 2.99. The minimum Gasteiger partial charge on any atom is -0.379 e. The van der Waals surface area contributed by atoms with E-state index in [1.807, 2.05) is 18.2 Å². The first-order chi connectivity index (χ1) is 13.2. The molecule has 2 aromatic carbocycles. The summed E-state index contributed by atoms with van der Waals surface area (Å²) in [5.74, 6) is 0.0273. The highest BCUT2D eigenvalue weighted by molar-refractivity contribution is 5.94. The molecule has 0 aromatic heterocycles. The van der Waals surface area contributed by atoms with Crippen molar-refractivity contribution in [3.8, 4) is 0 Å². The van der Waals surface area contributed by atoms with Gasteiger partial charge in [0.15, 0.2) is 0 Å². The highest BCUT2D eigenvalue weighted by Gasteiger charge is 2.26. The number of nitrogens with zero attached hydrogens (tertiary/aromatic N) is 2. The molecule has 1 amide bonds. The topological polar surface area (TPSA) is 44.8 Å². The van der Waals surface area contributed by atoms with Crippen molar-refractivity contribution < 1.29 is 9.53 Å². The van der Waals surface area contributed by atoms with Gasteiger partial charge in [0.2, 0.25) is 5.91 Å². The van der Waals surface area contributed by atoms with E-state index in [4.69, 9.17) is 4.74 Å². The second kappa shape index (κ2) is 8.11. The number of carbonyl (C=O) groups is 1. The quantitative estimate of drug-likeness (QED) is 0.885. The molecule has 1 saturated heterocycles. The van der Waals surface area contributed by atoms with Crippen molar-refractivity contribution in [3.05, 3.63) is 59.7 Å². The summed E-state index contributed by atoms with van der Waals surface area (Å²) in [6.07, 6.45) is 1.000. The molecule has 2 heterocycles. The lowest BCUT2D eigenvalue weighted by atomic mass is 10.1. The van der Waals surface area contributed by atoms with Crippen molar-refractivity contribution >= 4 is 17.3 Å². The van der Waals surface area contributed by atoms with E-state index in [-0.39, 0.29) is 5.91 Å². The number of hydrogen-bond acceptors (Lipinski definition) is 4. The van der Waals surface area contributed by atoms with E-state index in [2.05, 4.69) is 52.4 Å². The maximum Gasteiger partial charge on any atom is 0.243 e. The Labute approximate surface area is 160 Å². The van der Waals surface area contributed by atoms with Gasteiger partial charge in [0.1, 0.15) is 0 Å². The number of para-hydroxylation sites is 1. The fraction of sp³-hybridized carbons (Fsp3) is 0.409. The molecule has 0 radical (unpaired) electrons.